The maximum Gasteiger partial charge on any atom is 0.225 e. The average Bonchev–Trinajstić information content (AvgIpc) is 2.61. The fourth-order valence-electron chi connectivity index (χ4n) is 2.45. The van der Waals surface area contributed by atoms with Gasteiger partial charge in [-0.1, -0.05) is 6.07 Å². The molecule has 0 bridgehead atoms. The van der Waals surface area contributed by atoms with Crippen molar-refractivity contribution in [1.29, 1.82) is 5.26 Å². The van der Waals surface area contributed by atoms with Crippen LogP contribution in [0.3, 0.4) is 0 Å². The molecule has 2 N–H and O–H groups in total. The van der Waals surface area contributed by atoms with Gasteiger partial charge in [0.25, 0.3) is 0 Å². The van der Waals surface area contributed by atoms with Crippen LogP contribution in [0.2, 0.25) is 0 Å². The molecule has 0 spiro atoms. The molecule has 0 saturated heterocycles. The predicted molar refractivity (Wildman–Crippen MR) is 103 cm³/mol. The Bertz CT molecular complexity index is 990. The third-order valence-corrected chi connectivity index (χ3v) is 3.58. The van der Waals surface area contributed by atoms with Crippen LogP contribution < -0.4 is 10.6 Å². The maximum absolute atomic E-state index is 13.9. The molecular formula is C20H19FN6. The van der Waals surface area contributed by atoms with E-state index in [9.17, 15) is 9.65 Å². The molecule has 27 heavy (non-hydrogen) atoms. The molecule has 0 aliphatic rings. The van der Waals surface area contributed by atoms with Gasteiger partial charge < -0.3 is 10.6 Å². The highest BCUT2D eigenvalue weighted by Crippen LogP contribution is 2.26. The van der Waals surface area contributed by atoms with Gasteiger partial charge in [-0.2, -0.15) is 10.2 Å². The van der Waals surface area contributed by atoms with Gasteiger partial charge in [0.05, 0.1) is 11.4 Å². The minimum atomic E-state index is -0.584. The SMILES string of the molecule is CC(C)(C)Nc1nc(Nc2cccc(F)c2C#N)cc(-c2ccncc2)n1. The van der Waals surface area contributed by atoms with E-state index in [0.29, 0.717) is 23.1 Å². The number of hydrogen-bond acceptors (Lipinski definition) is 6. The standard InChI is InChI=1S/C20H19FN6/c1-20(2,3)27-19-25-17(13-7-9-23-10-8-13)11-18(26-19)24-16-6-4-5-15(21)14(16)12-22/h4-11H,1-3H3,(H2,24,25,26,27). The van der Waals surface area contributed by atoms with E-state index in [1.165, 1.54) is 12.1 Å². The van der Waals surface area contributed by atoms with Crippen molar-refractivity contribution in [2.24, 2.45) is 0 Å². The van der Waals surface area contributed by atoms with Crippen molar-refractivity contribution in [3.05, 3.63) is 60.2 Å². The van der Waals surface area contributed by atoms with Gasteiger partial charge in [-0.3, -0.25) is 4.98 Å². The second kappa shape index (κ2) is 7.38. The summed E-state index contributed by atoms with van der Waals surface area (Å²) < 4.78 is 13.9. The summed E-state index contributed by atoms with van der Waals surface area (Å²) in [7, 11) is 0. The quantitative estimate of drug-likeness (QED) is 0.710. The van der Waals surface area contributed by atoms with E-state index in [2.05, 4.69) is 25.6 Å². The molecule has 3 aromatic rings. The second-order valence-corrected chi connectivity index (χ2v) is 6.97. The predicted octanol–water partition coefficient (Wildman–Crippen LogP) is 4.50. The number of rotatable bonds is 4. The monoisotopic (exact) mass is 362 g/mol. The molecule has 0 fully saturated rings. The number of nitrogens with zero attached hydrogens (tertiary/aromatic N) is 4. The number of nitriles is 1. The second-order valence-electron chi connectivity index (χ2n) is 6.97. The lowest BCUT2D eigenvalue weighted by molar-refractivity contribution is 0.624. The molecule has 0 aliphatic carbocycles. The number of aromatic nitrogens is 3. The highest BCUT2D eigenvalue weighted by Gasteiger charge is 2.15. The first kappa shape index (κ1) is 18.3. The maximum atomic E-state index is 13.9. The lowest BCUT2D eigenvalue weighted by Gasteiger charge is -2.21. The van der Waals surface area contributed by atoms with Crippen LogP contribution in [0, 0.1) is 17.1 Å². The lowest BCUT2D eigenvalue weighted by atomic mass is 10.1. The van der Waals surface area contributed by atoms with E-state index in [1.807, 2.05) is 39.0 Å². The summed E-state index contributed by atoms with van der Waals surface area (Å²) in [5, 5.41) is 15.5. The first-order valence-corrected chi connectivity index (χ1v) is 8.39. The van der Waals surface area contributed by atoms with Crippen molar-refractivity contribution in [3.63, 3.8) is 0 Å². The molecule has 136 valence electrons. The highest BCUT2D eigenvalue weighted by molar-refractivity contribution is 5.70. The average molecular weight is 362 g/mol. The molecule has 0 saturated carbocycles. The van der Waals surface area contributed by atoms with Crippen LogP contribution in [0.5, 0.6) is 0 Å². The van der Waals surface area contributed by atoms with Gasteiger partial charge in [-0.05, 0) is 45.0 Å². The number of halogens is 1. The number of anilines is 3. The van der Waals surface area contributed by atoms with Crippen molar-refractivity contribution < 1.29 is 4.39 Å². The van der Waals surface area contributed by atoms with E-state index in [4.69, 9.17) is 0 Å². The van der Waals surface area contributed by atoms with Crippen molar-refractivity contribution in [2.45, 2.75) is 26.3 Å². The Morgan fingerprint density at radius 2 is 1.81 bits per heavy atom. The van der Waals surface area contributed by atoms with Crippen LogP contribution in [-0.4, -0.2) is 20.5 Å². The van der Waals surface area contributed by atoms with Crippen LogP contribution in [0.1, 0.15) is 26.3 Å². The molecule has 0 unspecified atom stereocenters. The zero-order chi connectivity index (χ0) is 19.4. The van der Waals surface area contributed by atoms with Crippen molar-refractivity contribution in [2.75, 3.05) is 10.6 Å². The van der Waals surface area contributed by atoms with Gasteiger partial charge in [0.2, 0.25) is 5.95 Å². The van der Waals surface area contributed by atoms with Crippen LogP contribution in [0.4, 0.5) is 21.8 Å². The van der Waals surface area contributed by atoms with E-state index in [0.717, 1.165) is 5.56 Å². The molecule has 0 atom stereocenters. The fourth-order valence-corrected chi connectivity index (χ4v) is 2.45. The molecule has 7 heteroatoms. The normalized spacial score (nSPS) is 10.9. The minimum Gasteiger partial charge on any atom is -0.350 e. The van der Waals surface area contributed by atoms with Gasteiger partial charge in [0, 0.05) is 29.6 Å². The lowest BCUT2D eigenvalue weighted by Crippen LogP contribution is -2.27. The van der Waals surface area contributed by atoms with E-state index >= 15 is 0 Å². The molecule has 0 amide bonds. The number of nitrogens with one attached hydrogen (secondary N) is 2. The molecule has 0 aliphatic heterocycles. The topological polar surface area (TPSA) is 86.5 Å². The Labute approximate surface area is 157 Å². The van der Waals surface area contributed by atoms with Crippen LogP contribution >= 0.6 is 0 Å². The van der Waals surface area contributed by atoms with Crippen molar-refractivity contribution in [1.82, 2.24) is 15.0 Å². The van der Waals surface area contributed by atoms with E-state index < -0.39 is 5.82 Å². The van der Waals surface area contributed by atoms with Gasteiger partial charge in [-0.15, -0.1) is 0 Å². The largest absolute Gasteiger partial charge is 0.350 e. The third kappa shape index (κ3) is 4.55. The number of benzene rings is 1. The first-order chi connectivity index (χ1) is 12.9. The molecular weight excluding hydrogens is 343 g/mol. The third-order valence-electron chi connectivity index (χ3n) is 3.58. The molecule has 0 radical (unpaired) electrons. The van der Waals surface area contributed by atoms with Gasteiger partial charge in [-0.25, -0.2) is 9.37 Å². The van der Waals surface area contributed by atoms with Crippen LogP contribution in [0.15, 0.2) is 48.8 Å². The summed E-state index contributed by atoms with van der Waals surface area (Å²) in [6.07, 6.45) is 3.36. The molecule has 2 heterocycles. The summed E-state index contributed by atoms with van der Waals surface area (Å²) in [5.41, 5.74) is 1.58. The summed E-state index contributed by atoms with van der Waals surface area (Å²) >= 11 is 0. The Kier molecular flexibility index (Phi) is 4.99. The smallest absolute Gasteiger partial charge is 0.225 e. The number of hydrogen-bond donors (Lipinski definition) is 2. The Balaban J connectivity index is 2.06. The molecule has 1 aromatic carbocycles. The van der Waals surface area contributed by atoms with Gasteiger partial charge >= 0.3 is 0 Å². The Hall–Kier alpha value is -3.53. The van der Waals surface area contributed by atoms with Crippen LogP contribution in [-0.2, 0) is 0 Å². The van der Waals surface area contributed by atoms with Gasteiger partial charge in [0.1, 0.15) is 23.3 Å². The Morgan fingerprint density at radius 3 is 2.48 bits per heavy atom. The van der Waals surface area contributed by atoms with Crippen molar-refractivity contribution >= 4 is 17.5 Å². The zero-order valence-electron chi connectivity index (χ0n) is 15.3. The minimum absolute atomic E-state index is 0.0631. The van der Waals surface area contributed by atoms with E-state index in [1.54, 1.807) is 24.5 Å². The summed E-state index contributed by atoms with van der Waals surface area (Å²) in [4.78, 5) is 13.0. The van der Waals surface area contributed by atoms with Crippen molar-refractivity contribution in [3.8, 4) is 17.3 Å². The van der Waals surface area contributed by atoms with Gasteiger partial charge in [0.15, 0.2) is 0 Å². The summed E-state index contributed by atoms with van der Waals surface area (Å²) in [6, 6.07) is 11.7. The first-order valence-electron chi connectivity index (χ1n) is 8.39. The molecule has 6 nitrogen and oxygen atoms in total. The zero-order valence-corrected chi connectivity index (χ0v) is 15.3. The number of pyridine rings is 1. The summed E-state index contributed by atoms with van der Waals surface area (Å²) in [5.74, 6) is 0.291. The highest BCUT2D eigenvalue weighted by atomic mass is 19.1. The van der Waals surface area contributed by atoms with Crippen LogP contribution in [0.25, 0.3) is 11.3 Å². The molecule has 3 rings (SSSR count). The Morgan fingerprint density at radius 1 is 1.07 bits per heavy atom. The summed E-state index contributed by atoms with van der Waals surface area (Å²) in [6.45, 7) is 6.01. The molecule has 2 aromatic heterocycles. The van der Waals surface area contributed by atoms with E-state index in [-0.39, 0.29) is 11.1 Å². The fraction of sp³-hybridized carbons (Fsp3) is 0.200.